The smallest absolute Gasteiger partial charge is 0.0621 e. The highest BCUT2D eigenvalue weighted by molar-refractivity contribution is 6.31. The van der Waals surface area contributed by atoms with E-state index in [1.165, 1.54) is 5.56 Å². The van der Waals surface area contributed by atoms with E-state index in [0.717, 1.165) is 30.5 Å². The van der Waals surface area contributed by atoms with Gasteiger partial charge in [-0.05, 0) is 37.1 Å². The molecule has 1 saturated heterocycles. The molecule has 1 N–H and O–H groups in total. The second-order valence-electron chi connectivity index (χ2n) is 3.20. The Morgan fingerprint density at radius 3 is 3.00 bits per heavy atom. The van der Waals surface area contributed by atoms with E-state index in [1.54, 1.807) is 12.4 Å². The van der Waals surface area contributed by atoms with Gasteiger partial charge in [-0.15, -0.1) is 0 Å². The first-order valence-corrected chi connectivity index (χ1v) is 4.53. The summed E-state index contributed by atoms with van der Waals surface area (Å²) in [5, 5.41) is 4.04. The van der Waals surface area contributed by atoms with Crippen LogP contribution in [0.2, 0.25) is 5.02 Å². The van der Waals surface area contributed by atoms with Gasteiger partial charge in [-0.2, -0.15) is 0 Å². The van der Waals surface area contributed by atoms with Gasteiger partial charge in [0.25, 0.3) is 0 Å². The molecule has 12 heavy (non-hydrogen) atoms. The molecule has 2 rings (SSSR count). The normalized spacial score (nSPS) is 17.4. The van der Waals surface area contributed by atoms with Gasteiger partial charge < -0.3 is 5.32 Å². The molecule has 2 nitrogen and oxygen atoms in total. The average molecular weight is 183 g/mol. The number of hydrogen-bond acceptors (Lipinski definition) is 2. The zero-order valence-corrected chi connectivity index (χ0v) is 7.51. The Balaban J connectivity index is 2.06. The minimum atomic E-state index is 0.768. The van der Waals surface area contributed by atoms with Gasteiger partial charge in [0, 0.05) is 12.4 Å². The third-order valence-corrected chi connectivity index (χ3v) is 2.57. The van der Waals surface area contributed by atoms with E-state index in [2.05, 4.69) is 10.3 Å². The Morgan fingerprint density at radius 2 is 2.42 bits per heavy atom. The van der Waals surface area contributed by atoms with E-state index < -0.39 is 0 Å². The maximum Gasteiger partial charge on any atom is 0.0621 e. The van der Waals surface area contributed by atoms with Crippen LogP contribution in [0.3, 0.4) is 0 Å². The maximum absolute atomic E-state index is 5.97. The highest BCUT2D eigenvalue weighted by Gasteiger charge is 2.17. The number of nitrogens with zero attached hydrogens (tertiary/aromatic N) is 1. The molecule has 1 aromatic heterocycles. The van der Waals surface area contributed by atoms with Crippen molar-refractivity contribution in [1.82, 2.24) is 10.3 Å². The number of aromatic nitrogens is 1. The number of halogens is 1. The minimum absolute atomic E-state index is 0.768. The van der Waals surface area contributed by atoms with Crippen molar-refractivity contribution in [1.29, 1.82) is 0 Å². The van der Waals surface area contributed by atoms with E-state index in [1.807, 2.05) is 6.07 Å². The van der Waals surface area contributed by atoms with E-state index >= 15 is 0 Å². The fourth-order valence-electron chi connectivity index (χ4n) is 1.37. The summed E-state index contributed by atoms with van der Waals surface area (Å²) in [6.45, 7) is 2.25. The van der Waals surface area contributed by atoms with Crippen LogP contribution in [-0.4, -0.2) is 18.1 Å². The van der Waals surface area contributed by atoms with Crippen LogP contribution in [0.15, 0.2) is 18.5 Å². The van der Waals surface area contributed by atoms with E-state index in [0.29, 0.717) is 0 Å². The Bertz CT molecular complexity index is 271. The highest BCUT2D eigenvalue weighted by Crippen LogP contribution is 2.19. The maximum atomic E-state index is 5.97. The third-order valence-electron chi connectivity index (χ3n) is 2.23. The van der Waals surface area contributed by atoms with Crippen molar-refractivity contribution in [2.75, 3.05) is 13.1 Å². The van der Waals surface area contributed by atoms with Gasteiger partial charge in [0.1, 0.15) is 0 Å². The molecule has 1 fully saturated rings. The van der Waals surface area contributed by atoms with Crippen LogP contribution >= 0.6 is 11.6 Å². The molecule has 1 aliphatic rings. The van der Waals surface area contributed by atoms with E-state index in [4.69, 9.17) is 11.6 Å². The van der Waals surface area contributed by atoms with Crippen molar-refractivity contribution in [3.05, 3.63) is 29.0 Å². The van der Waals surface area contributed by atoms with Crippen molar-refractivity contribution in [2.45, 2.75) is 6.42 Å². The van der Waals surface area contributed by atoms with E-state index in [-0.39, 0.29) is 0 Å². The molecule has 0 radical (unpaired) electrons. The SMILES string of the molecule is Clc1cnccc1CC1CNC1. The summed E-state index contributed by atoms with van der Waals surface area (Å²) in [5.41, 5.74) is 1.22. The van der Waals surface area contributed by atoms with Gasteiger partial charge in [0.2, 0.25) is 0 Å². The van der Waals surface area contributed by atoms with Crippen LogP contribution in [0, 0.1) is 5.92 Å². The lowest BCUT2D eigenvalue weighted by atomic mass is 9.95. The molecular formula is C9H11ClN2. The van der Waals surface area contributed by atoms with Crippen molar-refractivity contribution >= 4 is 11.6 Å². The lowest BCUT2D eigenvalue weighted by Gasteiger charge is -2.27. The summed E-state index contributed by atoms with van der Waals surface area (Å²) in [4.78, 5) is 3.95. The summed E-state index contributed by atoms with van der Waals surface area (Å²) in [6.07, 6.45) is 4.59. The monoisotopic (exact) mass is 182 g/mol. The average Bonchev–Trinajstić information content (AvgIpc) is 2.00. The first-order chi connectivity index (χ1) is 5.86. The first kappa shape index (κ1) is 8.02. The number of nitrogens with one attached hydrogen (secondary N) is 1. The predicted molar refractivity (Wildman–Crippen MR) is 49.3 cm³/mol. The number of hydrogen-bond donors (Lipinski definition) is 1. The van der Waals surface area contributed by atoms with Crippen LogP contribution in [0.25, 0.3) is 0 Å². The Morgan fingerprint density at radius 1 is 1.58 bits per heavy atom. The highest BCUT2D eigenvalue weighted by atomic mass is 35.5. The van der Waals surface area contributed by atoms with Gasteiger partial charge in [-0.1, -0.05) is 11.6 Å². The Hall–Kier alpha value is -0.600. The summed E-state index contributed by atoms with van der Waals surface area (Å²) < 4.78 is 0. The second-order valence-corrected chi connectivity index (χ2v) is 3.60. The van der Waals surface area contributed by atoms with E-state index in [9.17, 15) is 0 Å². The molecule has 64 valence electrons. The molecular weight excluding hydrogens is 172 g/mol. The van der Waals surface area contributed by atoms with Crippen LogP contribution in [0.1, 0.15) is 5.56 Å². The quantitative estimate of drug-likeness (QED) is 0.750. The third kappa shape index (κ3) is 1.59. The molecule has 0 aromatic carbocycles. The lowest BCUT2D eigenvalue weighted by Crippen LogP contribution is -2.43. The molecule has 1 aliphatic heterocycles. The molecule has 3 heteroatoms. The van der Waals surface area contributed by atoms with Crippen molar-refractivity contribution < 1.29 is 0 Å². The Labute approximate surface area is 77.0 Å². The zero-order valence-electron chi connectivity index (χ0n) is 6.76. The largest absolute Gasteiger partial charge is 0.316 e. The second kappa shape index (κ2) is 3.42. The number of pyridine rings is 1. The van der Waals surface area contributed by atoms with Gasteiger partial charge in [-0.25, -0.2) is 0 Å². The molecule has 0 saturated carbocycles. The molecule has 2 heterocycles. The van der Waals surface area contributed by atoms with Gasteiger partial charge in [-0.3, -0.25) is 4.98 Å². The zero-order chi connectivity index (χ0) is 8.39. The Kier molecular flexibility index (Phi) is 2.28. The van der Waals surface area contributed by atoms with Crippen LogP contribution in [0.4, 0.5) is 0 Å². The molecule has 1 aromatic rings. The molecule has 0 amide bonds. The fraction of sp³-hybridized carbons (Fsp3) is 0.444. The fourth-order valence-corrected chi connectivity index (χ4v) is 1.57. The standard InChI is InChI=1S/C9H11ClN2/c10-9-6-11-2-1-8(9)3-7-4-12-5-7/h1-2,6-7,12H,3-5H2. The summed E-state index contributed by atoms with van der Waals surface area (Å²) in [7, 11) is 0. The summed E-state index contributed by atoms with van der Waals surface area (Å²) in [5.74, 6) is 0.768. The summed E-state index contributed by atoms with van der Waals surface area (Å²) in [6, 6.07) is 2.00. The van der Waals surface area contributed by atoms with Gasteiger partial charge in [0.05, 0.1) is 5.02 Å². The van der Waals surface area contributed by atoms with Gasteiger partial charge >= 0.3 is 0 Å². The molecule has 0 spiro atoms. The lowest BCUT2D eigenvalue weighted by molar-refractivity contribution is 0.346. The minimum Gasteiger partial charge on any atom is -0.316 e. The molecule has 0 bridgehead atoms. The van der Waals surface area contributed by atoms with Crippen molar-refractivity contribution in [3.8, 4) is 0 Å². The van der Waals surface area contributed by atoms with Crippen LogP contribution in [-0.2, 0) is 6.42 Å². The summed E-state index contributed by atoms with van der Waals surface area (Å²) >= 11 is 5.97. The van der Waals surface area contributed by atoms with Crippen LogP contribution in [0.5, 0.6) is 0 Å². The molecule has 0 unspecified atom stereocenters. The number of rotatable bonds is 2. The molecule has 0 atom stereocenters. The van der Waals surface area contributed by atoms with Crippen LogP contribution < -0.4 is 5.32 Å². The van der Waals surface area contributed by atoms with Crippen molar-refractivity contribution in [2.24, 2.45) is 5.92 Å². The van der Waals surface area contributed by atoms with Gasteiger partial charge in [0.15, 0.2) is 0 Å². The van der Waals surface area contributed by atoms with Crippen molar-refractivity contribution in [3.63, 3.8) is 0 Å². The topological polar surface area (TPSA) is 24.9 Å². The molecule has 0 aliphatic carbocycles. The predicted octanol–water partition coefficient (Wildman–Crippen LogP) is 1.50. The first-order valence-electron chi connectivity index (χ1n) is 4.15.